The van der Waals surface area contributed by atoms with E-state index in [0.717, 1.165) is 43.7 Å². The van der Waals surface area contributed by atoms with Crippen LogP contribution in [-0.4, -0.2) is 12.6 Å². The maximum absolute atomic E-state index is 14.7. The fraction of sp³-hybridized carbons (Fsp3) is 0.562. The molecule has 0 aromatic heterocycles. The van der Waals surface area contributed by atoms with Crippen molar-refractivity contribution in [3.05, 3.63) is 58.7 Å². The number of carbonyl (C=O) groups excluding carboxylic acids is 1. The summed E-state index contributed by atoms with van der Waals surface area (Å²) >= 11 is 0. The summed E-state index contributed by atoms with van der Waals surface area (Å²) in [7, 11) is 0. The van der Waals surface area contributed by atoms with E-state index < -0.39 is 46.1 Å². The normalized spacial score (nSPS) is 21.3. The molecule has 2 saturated carbocycles. The van der Waals surface area contributed by atoms with Gasteiger partial charge in [0.05, 0.1) is 6.61 Å². The Morgan fingerprint density at radius 3 is 2.08 bits per heavy atom. The number of ether oxygens (including phenoxy) is 2. The van der Waals surface area contributed by atoms with Crippen molar-refractivity contribution in [2.24, 2.45) is 23.2 Å². The Morgan fingerprint density at radius 2 is 1.52 bits per heavy atom. The minimum absolute atomic E-state index is 0.0375. The number of nitriles is 1. The molecule has 40 heavy (non-hydrogen) atoms. The van der Waals surface area contributed by atoms with E-state index in [4.69, 9.17) is 14.7 Å². The largest absolute Gasteiger partial charge is 0.493 e. The molecule has 0 amide bonds. The van der Waals surface area contributed by atoms with Crippen LogP contribution in [0.25, 0.3) is 0 Å². The predicted octanol–water partition coefficient (Wildman–Crippen LogP) is 8.91. The molecule has 0 radical (unpaired) electrons. The van der Waals surface area contributed by atoms with Crippen LogP contribution in [0, 0.1) is 57.8 Å². The van der Waals surface area contributed by atoms with E-state index in [2.05, 4.69) is 13.8 Å². The fourth-order valence-electron chi connectivity index (χ4n) is 7.05. The average Bonchev–Trinajstić information content (AvgIpc) is 2.92. The average molecular weight is 560 g/mol. The van der Waals surface area contributed by atoms with Crippen LogP contribution in [0.1, 0.15) is 100 Å². The van der Waals surface area contributed by atoms with Gasteiger partial charge in [-0.1, -0.05) is 46.0 Å². The minimum Gasteiger partial charge on any atom is -0.493 e. The zero-order chi connectivity index (χ0) is 28.9. The standard InChI is InChI=1S/C32H37F4NO3/c1-3-7-20(2)32(12-5-4-6-13-32)22-10-8-21(9-11-22)19-39-23-14-28(35)30(29(36)15-23)31(38)40-24-16-26(33)25(18-37)27(34)17-24/h14-17,20-22H,3-13,19H2,1-2H3. The first-order valence-electron chi connectivity index (χ1n) is 14.4. The molecule has 4 rings (SSSR count). The second-order valence-corrected chi connectivity index (χ2v) is 11.5. The van der Waals surface area contributed by atoms with Crippen LogP contribution in [0.3, 0.4) is 0 Å². The number of rotatable bonds is 9. The third kappa shape index (κ3) is 6.45. The van der Waals surface area contributed by atoms with Gasteiger partial charge in [-0.2, -0.15) is 5.26 Å². The van der Waals surface area contributed by atoms with Crippen molar-refractivity contribution in [2.45, 2.75) is 84.5 Å². The highest BCUT2D eigenvalue weighted by molar-refractivity contribution is 5.91. The molecule has 2 aromatic rings. The van der Waals surface area contributed by atoms with E-state index in [-0.39, 0.29) is 11.7 Å². The van der Waals surface area contributed by atoms with Gasteiger partial charge in [-0.15, -0.1) is 0 Å². The van der Waals surface area contributed by atoms with Crippen molar-refractivity contribution in [1.82, 2.24) is 0 Å². The number of nitrogens with zero attached hydrogens (tertiary/aromatic N) is 1. The fourth-order valence-corrected chi connectivity index (χ4v) is 7.05. The smallest absolute Gasteiger partial charge is 0.349 e. The summed E-state index contributed by atoms with van der Waals surface area (Å²) in [4.78, 5) is 12.4. The Labute approximate surface area is 233 Å². The Bertz CT molecular complexity index is 1200. The first-order valence-corrected chi connectivity index (χ1v) is 14.4. The molecule has 1 unspecified atom stereocenters. The van der Waals surface area contributed by atoms with Crippen molar-refractivity contribution in [3.63, 3.8) is 0 Å². The van der Waals surface area contributed by atoms with Gasteiger partial charge in [-0.25, -0.2) is 22.4 Å². The van der Waals surface area contributed by atoms with Crippen LogP contribution < -0.4 is 9.47 Å². The molecular weight excluding hydrogens is 522 g/mol. The second-order valence-electron chi connectivity index (χ2n) is 11.5. The monoisotopic (exact) mass is 559 g/mol. The lowest BCUT2D eigenvalue weighted by molar-refractivity contribution is -0.00391. The number of esters is 1. The molecule has 1 atom stereocenters. The zero-order valence-corrected chi connectivity index (χ0v) is 23.2. The summed E-state index contributed by atoms with van der Waals surface area (Å²) in [5.41, 5.74) is -1.42. The molecule has 0 saturated heterocycles. The molecule has 0 N–H and O–H groups in total. The van der Waals surface area contributed by atoms with Crippen LogP contribution in [-0.2, 0) is 0 Å². The maximum atomic E-state index is 14.7. The Balaban J connectivity index is 1.35. The molecule has 2 aliphatic carbocycles. The molecule has 2 aliphatic rings. The van der Waals surface area contributed by atoms with E-state index in [1.54, 1.807) is 0 Å². The van der Waals surface area contributed by atoms with Crippen molar-refractivity contribution >= 4 is 5.97 Å². The van der Waals surface area contributed by atoms with E-state index in [0.29, 0.717) is 30.1 Å². The number of hydrogen-bond donors (Lipinski definition) is 0. The van der Waals surface area contributed by atoms with Gasteiger partial charge in [-0.05, 0) is 61.7 Å². The predicted molar refractivity (Wildman–Crippen MR) is 143 cm³/mol. The summed E-state index contributed by atoms with van der Waals surface area (Å²) < 4.78 is 67.6. The Hall–Kier alpha value is -3.08. The van der Waals surface area contributed by atoms with Crippen molar-refractivity contribution in [2.75, 3.05) is 6.61 Å². The van der Waals surface area contributed by atoms with E-state index >= 15 is 0 Å². The molecular formula is C32H37F4NO3. The second kappa shape index (κ2) is 13.1. The molecule has 216 valence electrons. The lowest BCUT2D eigenvalue weighted by Crippen LogP contribution is -2.41. The molecule has 2 aromatic carbocycles. The van der Waals surface area contributed by atoms with Crippen LogP contribution in [0.15, 0.2) is 24.3 Å². The van der Waals surface area contributed by atoms with Crippen LogP contribution in [0.5, 0.6) is 11.5 Å². The molecule has 4 nitrogen and oxygen atoms in total. The number of halogens is 4. The summed E-state index contributed by atoms with van der Waals surface area (Å²) in [6.07, 6.45) is 13.4. The van der Waals surface area contributed by atoms with Crippen molar-refractivity contribution < 1.29 is 31.8 Å². The lowest BCUT2D eigenvalue weighted by Gasteiger charge is -2.50. The quantitative estimate of drug-likeness (QED) is 0.175. The zero-order valence-electron chi connectivity index (χ0n) is 23.2. The first kappa shape index (κ1) is 29.9. The third-order valence-corrected chi connectivity index (χ3v) is 9.19. The molecule has 0 bridgehead atoms. The van der Waals surface area contributed by atoms with Gasteiger partial charge in [0.25, 0.3) is 0 Å². The van der Waals surface area contributed by atoms with E-state index in [9.17, 15) is 22.4 Å². The van der Waals surface area contributed by atoms with Crippen molar-refractivity contribution in [1.29, 1.82) is 5.26 Å². The Kier molecular flexibility index (Phi) is 9.76. The van der Waals surface area contributed by atoms with Crippen LogP contribution in [0.2, 0.25) is 0 Å². The van der Waals surface area contributed by atoms with Gasteiger partial charge in [0.15, 0.2) is 0 Å². The molecule has 2 fully saturated rings. The molecule has 0 spiro atoms. The highest BCUT2D eigenvalue weighted by Crippen LogP contribution is 2.54. The third-order valence-electron chi connectivity index (χ3n) is 9.19. The Morgan fingerprint density at radius 1 is 0.950 bits per heavy atom. The van der Waals surface area contributed by atoms with Gasteiger partial charge in [0.1, 0.15) is 52.0 Å². The molecule has 8 heteroatoms. The first-order chi connectivity index (χ1) is 19.2. The van der Waals surface area contributed by atoms with E-state index in [1.165, 1.54) is 51.0 Å². The van der Waals surface area contributed by atoms with Crippen LogP contribution >= 0.6 is 0 Å². The van der Waals surface area contributed by atoms with Crippen molar-refractivity contribution in [3.8, 4) is 17.6 Å². The molecule has 0 aliphatic heterocycles. The summed E-state index contributed by atoms with van der Waals surface area (Å²) in [6.45, 7) is 5.03. The topological polar surface area (TPSA) is 59.3 Å². The summed E-state index contributed by atoms with van der Waals surface area (Å²) in [5, 5.41) is 8.74. The summed E-state index contributed by atoms with van der Waals surface area (Å²) in [6, 6.07) is 4.36. The van der Waals surface area contributed by atoms with Crippen LogP contribution in [0.4, 0.5) is 17.6 Å². The van der Waals surface area contributed by atoms with Gasteiger partial charge in [0, 0.05) is 24.3 Å². The SMILES string of the molecule is CCCC(C)C1(C2CCC(COc3cc(F)c(C(=O)Oc4cc(F)c(C#N)c(F)c4)c(F)c3)CC2)CCCCC1. The van der Waals surface area contributed by atoms with Gasteiger partial charge >= 0.3 is 5.97 Å². The van der Waals surface area contributed by atoms with Gasteiger partial charge in [-0.3, -0.25) is 0 Å². The lowest BCUT2D eigenvalue weighted by atomic mass is 9.55. The number of carbonyl (C=O) groups is 1. The highest BCUT2D eigenvalue weighted by Gasteiger charge is 2.44. The molecule has 0 heterocycles. The van der Waals surface area contributed by atoms with E-state index in [1.807, 2.05) is 0 Å². The maximum Gasteiger partial charge on any atom is 0.349 e. The number of hydrogen-bond acceptors (Lipinski definition) is 4. The highest BCUT2D eigenvalue weighted by atomic mass is 19.1. The van der Waals surface area contributed by atoms with Gasteiger partial charge in [0.2, 0.25) is 0 Å². The number of benzene rings is 2. The minimum atomic E-state index is -1.46. The van der Waals surface area contributed by atoms with Gasteiger partial charge < -0.3 is 9.47 Å². The summed E-state index contributed by atoms with van der Waals surface area (Å²) in [5.74, 6) is -5.32.